The molecule has 0 spiro atoms. The van der Waals surface area contributed by atoms with Gasteiger partial charge in [0.05, 0.1) is 0 Å². The lowest BCUT2D eigenvalue weighted by atomic mass is 10.0. The number of aromatic amines is 1. The fourth-order valence-corrected chi connectivity index (χ4v) is 2.23. The molecule has 6 heteroatoms. The Morgan fingerprint density at radius 2 is 1.95 bits per heavy atom. The van der Waals surface area contributed by atoms with Crippen molar-refractivity contribution in [3.8, 4) is 11.4 Å². The van der Waals surface area contributed by atoms with Crippen molar-refractivity contribution in [3.05, 3.63) is 52.9 Å². The Morgan fingerprint density at radius 1 is 1.20 bits per heavy atom. The number of rotatable bonds is 3. The van der Waals surface area contributed by atoms with Crippen LogP contribution in [0.2, 0.25) is 0 Å². The standard InChI is InChI=1S/C14H11N3O3/c18-12(19)8-17-13(15-16-14(17)20)11-7-3-5-9-4-1-2-6-10(9)11/h1-7H,8H2,(H,16,20)(H,18,19). The highest BCUT2D eigenvalue weighted by Crippen LogP contribution is 2.26. The second-order valence-electron chi connectivity index (χ2n) is 4.36. The Hall–Kier alpha value is -2.89. The van der Waals surface area contributed by atoms with Crippen LogP contribution in [0.3, 0.4) is 0 Å². The summed E-state index contributed by atoms with van der Waals surface area (Å²) in [6.45, 7) is -0.423. The van der Waals surface area contributed by atoms with E-state index in [1.165, 1.54) is 0 Å². The lowest BCUT2D eigenvalue weighted by Gasteiger charge is -2.06. The first-order valence-corrected chi connectivity index (χ1v) is 6.02. The maximum atomic E-state index is 11.7. The molecule has 2 aromatic carbocycles. The quantitative estimate of drug-likeness (QED) is 0.753. The summed E-state index contributed by atoms with van der Waals surface area (Å²) in [5.41, 5.74) is 0.193. The van der Waals surface area contributed by atoms with Crippen molar-refractivity contribution in [3.63, 3.8) is 0 Å². The van der Waals surface area contributed by atoms with E-state index in [0.29, 0.717) is 5.82 Å². The van der Waals surface area contributed by atoms with E-state index >= 15 is 0 Å². The van der Waals surface area contributed by atoms with Crippen molar-refractivity contribution < 1.29 is 9.90 Å². The monoisotopic (exact) mass is 269 g/mol. The second kappa shape index (κ2) is 4.65. The highest BCUT2D eigenvalue weighted by Gasteiger charge is 2.15. The number of fused-ring (bicyclic) bond motifs is 1. The smallest absolute Gasteiger partial charge is 0.344 e. The first kappa shape index (κ1) is 12.2. The average molecular weight is 269 g/mol. The molecule has 1 aromatic heterocycles. The number of benzene rings is 2. The van der Waals surface area contributed by atoms with Gasteiger partial charge in [0.2, 0.25) is 0 Å². The van der Waals surface area contributed by atoms with E-state index in [4.69, 9.17) is 5.11 Å². The number of nitrogens with zero attached hydrogens (tertiary/aromatic N) is 2. The van der Waals surface area contributed by atoms with Gasteiger partial charge in [0, 0.05) is 5.56 Å². The van der Waals surface area contributed by atoms with Crippen LogP contribution >= 0.6 is 0 Å². The molecule has 0 bridgehead atoms. The fourth-order valence-electron chi connectivity index (χ4n) is 2.23. The topological polar surface area (TPSA) is 88.0 Å². The van der Waals surface area contributed by atoms with Gasteiger partial charge in [-0.05, 0) is 10.8 Å². The zero-order chi connectivity index (χ0) is 14.1. The summed E-state index contributed by atoms with van der Waals surface area (Å²) in [6.07, 6.45) is 0. The minimum atomic E-state index is -1.09. The van der Waals surface area contributed by atoms with E-state index in [-0.39, 0.29) is 0 Å². The van der Waals surface area contributed by atoms with Crippen molar-refractivity contribution in [1.82, 2.24) is 14.8 Å². The molecule has 20 heavy (non-hydrogen) atoms. The van der Waals surface area contributed by atoms with E-state index in [2.05, 4.69) is 10.2 Å². The number of hydrogen-bond acceptors (Lipinski definition) is 3. The molecule has 0 unspecified atom stereocenters. The zero-order valence-corrected chi connectivity index (χ0v) is 10.4. The average Bonchev–Trinajstić information content (AvgIpc) is 2.79. The first-order valence-electron chi connectivity index (χ1n) is 6.02. The Bertz CT molecular complexity index is 843. The number of carbonyl (C=O) groups is 1. The molecular weight excluding hydrogens is 258 g/mol. The summed E-state index contributed by atoms with van der Waals surface area (Å²) in [5.74, 6) is -0.760. The third-order valence-electron chi connectivity index (χ3n) is 3.08. The van der Waals surface area contributed by atoms with Gasteiger partial charge in [-0.3, -0.25) is 9.36 Å². The van der Waals surface area contributed by atoms with E-state index in [1.807, 2.05) is 42.5 Å². The van der Waals surface area contributed by atoms with Crippen LogP contribution < -0.4 is 5.69 Å². The van der Waals surface area contributed by atoms with Gasteiger partial charge >= 0.3 is 11.7 Å². The van der Waals surface area contributed by atoms with Gasteiger partial charge in [-0.15, -0.1) is 0 Å². The number of carboxylic acid groups (broad SMARTS) is 1. The summed E-state index contributed by atoms with van der Waals surface area (Å²) in [5, 5.41) is 17.1. The van der Waals surface area contributed by atoms with Gasteiger partial charge < -0.3 is 5.11 Å². The molecule has 0 saturated heterocycles. The first-order chi connectivity index (χ1) is 9.66. The molecule has 0 aliphatic rings. The predicted octanol–water partition coefficient (Wildman–Crippen LogP) is 1.48. The van der Waals surface area contributed by atoms with Crippen LogP contribution in [-0.2, 0) is 11.3 Å². The van der Waals surface area contributed by atoms with Gasteiger partial charge in [-0.2, -0.15) is 5.10 Å². The Kier molecular flexibility index (Phi) is 2.83. The summed E-state index contributed by atoms with van der Waals surface area (Å²) in [7, 11) is 0. The number of H-pyrrole nitrogens is 1. The summed E-state index contributed by atoms with van der Waals surface area (Å²) in [6, 6.07) is 13.3. The van der Waals surface area contributed by atoms with Crippen molar-refractivity contribution in [1.29, 1.82) is 0 Å². The van der Waals surface area contributed by atoms with Crippen molar-refractivity contribution >= 4 is 16.7 Å². The summed E-state index contributed by atoms with van der Waals surface area (Å²) >= 11 is 0. The number of aliphatic carboxylic acids is 1. The Labute approximate surface area is 113 Å². The van der Waals surface area contributed by atoms with Gasteiger partial charge in [0.15, 0.2) is 5.82 Å². The van der Waals surface area contributed by atoms with Gasteiger partial charge in [0.1, 0.15) is 6.54 Å². The maximum Gasteiger partial charge on any atom is 0.344 e. The number of hydrogen-bond donors (Lipinski definition) is 2. The van der Waals surface area contributed by atoms with Crippen molar-refractivity contribution in [2.75, 3.05) is 0 Å². The molecule has 3 aromatic rings. The molecule has 100 valence electrons. The molecule has 2 N–H and O–H groups in total. The van der Waals surface area contributed by atoms with Crippen LogP contribution in [0.25, 0.3) is 22.2 Å². The van der Waals surface area contributed by atoms with Gasteiger partial charge in [-0.25, -0.2) is 9.89 Å². The minimum Gasteiger partial charge on any atom is -0.480 e. The highest BCUT2D eigenvalue weighted by molar-refractivity contribution is 5.95. The lowest BCUT2D eigenvalue weighted by Crippen LogP contribution is -2.22. The van der Waals surface area contributed by atoms with Crippen LogP contribution in [0.15, 0.2) is 47.3 Å². The molecule has 0 aliphatic carbocycles. The Morgan fingerprint density at radius 3 is 2.75 bits per heavy atom. The molecule has 0 fully saturated rings. The molecule has 0 aliphatic heterocycles. The molecule has 0 amide bonds. The molecule has 0 atom stereocenters. The predicted molar refractivity (Wildman–Crippen MR) is 73.4 cm³/mol. The molecule has 1 heterocycles. The lowest BCUT2D eigenvalue weighted by molar-refractivity contribution is -0.137. The van der Waals surface area contributed by atoms with Crippen molar-refractivity contribution in [2.24, 2.45) is 0 Å². The third kappa shape index (κ3) is 1.97. The largest absolute Gasteiger partial charge is 0.480 e. The SMILES string of the molecule is O=C(O)Cn1c(-c2cccc3ccccc23)n[nH]c1=O. The maximum absolute atomic E-state index is 11.7. The zero-order valence-electron chi connectivity index (χ0n) is 10.4. The van der Waals surface area contributed by atoms with Crippen LogP contribution in [0, 0.1) is 0 Å². The van der Waals surface area contributed by atoms with Crippen molar-refractivity contribution in [2.45, 2.75) is 6.54 Å². The van der Waals surface area contributed by atoms with Gasteiger partial charge in [-0.1, -0.05) is 42.5 Å². The molecule has 3 rings (SSSR count). The molecule has 0 saturated carbocycles. The fraction of sp³-hybridized carbons (Fsp3) is 0.0714. The summed E-state index contributed by atoms with van der Waals surface area (Å²) in [4.78, 5) is 22.5. The molecule has 0 radical (unpaired) electrons. The minimum absolute atomic E-state index is 0.328. The Balaban J connectivity index is 2.26. The summed E-state index contributed by atoms with van der Waals surface area (Å²) < 4.78 is 1.12. The second-order valence-corrected chi connectivity index (χ2v) is 4.36. The normalized spacial score (nSPS) is 10.8. The third-order valence-corrected chi connectivity index (χ3v) is 3.08. The number of aromatic nitrogens is 3. The highest BCUT2D eigenvalue weighted by atomic mass is 16.4. The van der Waals surface area contributed by atoms with E-state index in [9.17, 15) is 9.59 Å². The molecule has 6 nitrogen and oxygen atoms in total. The number of nitrogens with one attached hydrogen (secondary N) is 1. The van der Waals surface area contributed by atoms with E-state index in [1.54, 1.807) is 0 Å². The van der Waals surface area contributed by atoms with Gasteiger partial charge in [0.25, 0.3) is 0 Å². The van der Waals surface area contributed by atoms with Crippen LogP contribution in [0.5, 0.6) is 0 Å². The molecular formula is C14H11N3O3. The van der Waals surface area contributed by atoms with E-state index in [0.717, 1.165) is 20.9 Å². The van der Waals surface area contributed by atoms with Crippen LogP contribution in [-0.4, -0.2) is 25.8 Å². The van der Waals surface area contributed by atoms with Crippen LogP contribution in [0.1, 0.15) is 0 Å². The number of carboxylic acids is 1. The van der Waals surface area contributed by atoms with Crippen LogP contribution in [0.4, 0.5) is 0 Å². The van der Waals surface area contributed by atoms with E-state index < -0.39 is 18.2 Å².